The van der Waals surface area contributed by atoms with Gasteiger partial charge in [0.25, 0.3) is 5.91 Å². The van der Waals surface area contributed by atoms with Gasteiger partial charge < -0.3 is 15.2 Å². The van der Waals surface area contributed by atoms with E-state index in [4.69, 9.17) is 10.3 Å². The molecule has 0 aliphatic carbocycles. The van der Waals surface area contributed by atoms with E-state index in [1.54, 1.807) is 11.0 Å². The number of aromatic nitrogens is 1. The molecule has 1 aliphatic heterocycles. The molecule has 1 aromatic heterocycles. The van der Waals surface area contributed by atoms with Crippen LogP contribution in [0.3, 0.4) is 0 Å². The van der Waals surface area contributed by atoms with Gasteiger partial charge in [0.15, 0.2) is 0 Å². The van der Waals surface area contributed by atoms with Gasteiger partial charge in [-0.25, -0.2) is 0 Å². The Bertz CT molecular complexity index is 422. The molecule has 5 nitrogen and oxygen atoms in total. The monoisotopic (exact) mass is 287 g/mol. The Morgan fingerprint density at radius 2 is 2.42 bits per heavy atom. The predicted octanol–water partition coefficient (Wildman–Crippen LogP) is 2.03. The summed E-state index contributed by atoms with van der Waals surface area (Å²) in [6.07, 6.45) is 1.97. The van der Waals surface area contributed by atoms with Crippen molar-refractivity contribution in [3.05, 3.63) is 17.5 Å². The van der Waals surface area contributed by atoms with E-state index in [-0.39, 0.29) is 18.3 Å². The molecular formula is C13H22ClN3O2. The minimum absolute atomic E-state index is 0. The van der Waals surface area contributed by atoms with Gasteiger partial charge in [0, 0.05) is 25.1 Å². The second kappa shape index (κ2) is 6.91. The largest absolute Gasteiger partial charge is 0.351 e. The van der Waals surface area contributed by atoms with Gasteiger partial charge in [-0.2, -0.15) is 0 Å². The fourth-order valence-electron chi connectivity index (χ4n) is 2.20. The zero-order valence-electron chi connectivity index (χ0n) is 11.5. The summed E-state index contributed by atoms with van der Waals surface area (Å²) in [5, 5.41) is 3.97. The van der Waals surface area contributed by atoms with Crippen LogP contribution >= 0.6 is 12.4 Å². The summed E-state index contributed by atoms with van der Waals surface area (Å²) in [6.45, 7) is 6.30. The fourth-order valence-corrected chi connectivity index (χ4v) is 2.20. The molecule has 1 aromatic rings. The van der Waals surface area contributed by atoms with Gasteiger partial charge in [0.2, 0.25) is 5.76 Å². The van der Waals surface area contributed by atoms with E-state index in [9.17, 15) is 4.79 Å². The molecule has 0 saturated carbocycles. The first-order valence-electron chi connectivity index (χ1n) is 6.61. The standard InChI is InChI=1S/C13H21N3O2.ClH/c1-3-9(2)11-6-12(18-15-11)13(17)16-5-4-10(7-14)8-16;/h6,9-10H,3-5,7-8,14H2,1-2H3;1H. The van der Waals surface area contributed by atoms with Crippen molar-refractivity contribution < 1.29 is 9.32 Å². The summed E-state index contributed by atoms with van der Waals surface area (Å²) in [4.78, 5) is 14.0. The Morgan fingerprint density at radius 3 is 3.00 bits per heavy atom. The van der Waals surface area contributed by atoms with Crippen LogP contribution in [0.1, 0.15) is 48.9 Å². The quantitative estimate of drug-likeness (QED) is 0.920. The van der Waals surface area contributed by atoms with Crippen LogP contribution in [0.25, 0.3) is 0 Å². The Kier molecular flexibility index (Phi) is 5.82. The Hall–Kier alpha value is -1.07. The summed E-state index contributed by atoms with van der Waals surface area (Å²) < 4.78 is 5.16. The zero-order valence-corrected chi connectivity index (χ0v) is 12.3. The molecule has 2 rings (SSSR count). The summed E-state index contributed by atoms with van der Waals surface area (Å²) in [6, 6.07) is 1.77. The van der Waals surface area contributed by atoms with Gasteiger partial charge in [-0.3, -0.25) is 4.79 Å². The van der Waals surface area contributed by atoms with E-state index < -0.39 is 0 Å². The first kappa shape index (κ1) is 16.0. The van der Waals surface area contributed by atoms with Crippen LogP contribution in [-0.2, 0) is 0 Å². The number of rotatable bonds is 4. The lowest BCUT2D eigenvalue weighted by Crippen LogP contribution is -2.29. The average molecular weight is 288 g/mol. The molecular weight excluding hydrogens is 266 g/mol. The molecule has 2 unspecified atom stereocenters. The van der Waals surface area contributed by atoms with Crippen LogP contribution in [0, 0.1) is 5.92 Å². The lowest BCUT2D eigenvalue weighted by Gasteiger charge is -2.13. The molecule has 0 spiro atoms. The molecule has 1 saturated heterocycles. The van der Waals surface area contributed by atoms with Crippen LogP contribution < -0.4 is 5.73 Å². The highest BCUT2D eigenvalue weighted by Gasteiger charge is 2.28. The molecule has 0 aromatic carbocycles. The molecule has 2 heterocycles. The van der Waals surface area contributed by atoms with Crippen molar-refractivity contribution in [3.63, 3.8) is 0 Å². The van der Waals surface area contributed by atoms with Gasteiger partial charge in [0.05, 0.1) is 5.69 Å². The maximum atomic E-state index is 12.2. The summed E-state index contributed by atoms with van der Waals surface area (Å²) in [7, 11) is 0. The fraction of sp³-hybridized carbons (Fsp3) is 0.692. The molecule has 19 heavy (non-hydrogen) atoms. The molecule has 1 aliphatic rings. The second-order valence-corrected chi connectivity index (χ2v) is 5.07. The molecule has 2 N–H and O–H groups in total. The van der Waals surface area contributed by atoms with Gasteiger partial charge in [-0.15, -0.1) is 12.4 Å². The number of amides is 1. The van der Waals surface area contributed by atoms with Crippen molar-refractivity contribution in [2.45, 2.75) is 32.6 Å². The van der Waals surface area contributed by atoms with Crippen LogP contribution in [-0.4, -0.2) is 35.6 Å². The lowest BCUT2D eigenvalue weighted by atomic mass is 10.1. The molecule has 0 radical (unpaired) electrons. The lowest BCUT2D eigenvalue weighted by molar-refractivity contribution is 0.0746. The topological polar surface area (TPSA) is 72.4 Å². The van der Waals surface area contributed by atoms with Crippen molar-refractivity contribution in [1.29, 1.82) is 0 Å². The highest BCUT2D eigenvalue weighted by molar-refractivity contribution is 5.91. The minimum Gasteiger partial charge on any atom is -0.351 e. The van der Waals surface area contributed by atoms with E-state index >= 15 is 0 Å². The number of carbonyl (C=O) groups is 1. The molecule has 1 fully saturated rings. The summed E-state index contributed by atoms with van der Waals surface area (Å²) in [5.41, 5.74) is 6.48. The molecule has 0 bridgehead atoms. The first-order valence-corrected chi connectivity index (χ1v) is 6.61. The maximum Gasteiger partial charge on any atom is 0.292 e. The van der Waals surface area contributed by atoms with Crippen molar-refractivity contribution >= 4 is 18.3 Å². The molecule has 108 valence electrons. The van der Waals surface area contributed by atoms with Crippen LogP contribution in [0.4, 0.5) is 0 Å². The van der Waals surface area contributed by atoms with E-state index in [1.165, 1.54) is 0 Å². The zero-order chi connectivity index (χ0) is 13.1. The number of carbonyl (C=O) groups excluding carboxylic acids is 1. The smallest absolute Gasteiger partial charge is 0.292 e. The van der Waals surface area contributed by atoms with E-state index in [0.717, 1.165) is 31.6 Å². The van der Waals surface area contributed by atoms with Crippen molar-refractivity contribution in [1.82, 2.24) is 10.1 Å². The van der Waals surface area contributed by atoms with Crippen LogP contribution in [0.2, 0.25) is 0 Å². The van der Waals surface area contributed by atoms with Crippen LogP contribution in [0.15, 0.2) is 10.6 Å². The third-order valence-corrected chi connectivity index (χ3v) is 3.76. The molecule has 1 amide bonds. The van der Waals surface area contributed by atoms with Crippen LogP contribution in [0.5, 0.6) is 0 Å². The average Bonchev–Trinajstić information content (AvgIpc) is 3.05. The Labute approximate surface area is 119 Å². The van der Waals surface area contributed by atoms with E-state index in [2.05, 4.69) is 19.0 Å². The minimum atomic E-state index is -0.0620. The number of likely N-dealkylation sites (tertiary alicyclic amines) is 1. The van der Waals surface area contributed by atoms with Crippen molar-refractivity contribution in [2.24, 2.45) is 11.7 Å². The highest BCUT2D eigenvalue weighted by atomic mass is 35.5. The van der Waals surface area contributed by atoms with Gasteiger partial charge in [-0.05, 0) is 25.3 Å². The number of halogens is 1. The molecule has 6 heteroatoms. The third kappa shape index (κ3) is 3.48. The Balaban J connectivity index is 0.00000180. The van der Waals surface area contributed by atoms with Crippen molar-refractivity contribution in [2.75, 3.05) is 19.6 Å². The number of hydrogen-bond donors (Lipinski definition) is 1. The third-order valence-electron chi connectivity index (χ3n) is 3.76. The predicted molar refractivity (Wildman–Crippen MR) is 75.5 cm³/mol. The van der Waals surface area contributed by atoms with Crippen molar-refractivity contribution in [3.8, 4) is 0 Å². The second-order valence-electron chi connectivity index (χ2n) is 5.07. The van der Waals surface area contributed by atoms with Gasteiger partial charge >= 0.3 is 0 Å². The number of hydrogen-bond acceptors (Lipinski definition) is 4. The van der Waals surface area contributed by atoms with E-state index in [0.29, 0.717) is 24.1 Å². The SMILES string of the molecule is CCC(C)c1cc(C(=O)N2CCC(CN)C2)on1.Cl. The molecule has 2 atom stereocenters. The van der Waals surface area contributed by atoms with E-state index in [1.807, 2.05) is 0 Å². The van der Waals surface area contributed by atoms with Gasteiger partial charge in [-0.1, -0.05) is 19.0 Å². The maximum absolute atomic E-state index is 12.2. The number of nitrogens with zero attached hydrogens (tertiary/aromatic N) is 2. The Morgan fingerprint density at radius 1 is 1.68 bits per heavy atom. The van der Waals surface area contributed by atoms with Gasteiger partial charge in [0.1, 0.15) is 0 Å². The highest BCUT2D eigenvalue weighted by Crippen LogP contribution is 2.21. The first-order chi connectivity index (χ1) is 8.65. The number of nitrogens with two attached hydrogens (primary N) is 1. The summed E-state index contributed by atoms with van der Waals surface area (Å²) >= 11 is 0. The normalized spacial score (nSPS) is 20.2. The summed E-state index contributed by atoms with van der Waals surface area (Å²) in [5.74, 6) is 1.03.